The summed E-state index contributed by atoms with van der Waals surface area (Å²) in [5.74, 6) is 1.85. The van der Waals surface area contributed by atoms with Crippen molar-refractivity contribution in [1.29, 1.82) is 0 Å². The summed E-state index contributed by atoms with van der Waals surface area (Å²) in [6, 6.07) is 14.1. The van der Waals surface area contributed by atoms with Gasteiger partial charge < -0.3 is 20.7 Å². The maximum atomic E-state index is 12.0. The van der Waals surface area contributed by atoms with E-state index < -0.39 is 0 Å². The molecule has 0 aliphatic carbocycles. The summed E-state index contributed by atoms with van der Waals surface area (Å²) in [5.41, 5.74) is 4.31. The molecule has 0 radical (unpaired) electrons. The molecule has 0 spiro atoms. The molecule has 1 aliphatic rings. The van der Waals surface area contributed by atoms with Crippen LogP contribution in [0.1, 0.15) is 42.9 Å². The SMILES string of the molecule is CCNC(=NCc1ccc(OCC)c(C)c1)NCC1CC(=O)Nc2ccccc21.I. The zero-order valence-electron chi connectivity index (χ0n) is 17.8. The van der Waals surface area contributed by atoms with E-state index in [0.29, 0.717) is 26.1 Å². The molecule has 0 saturated heterocycles. The number of aliphatic imine (C=N–C) groups is 1. The van der Waals surface area contributed by atoms with Gasteiger partial charge in [0.15, 0.2) is 5.96 Å². The van der Waals surface area contributed by atoms with Gasteiger partial charge in [0, 0.05) is 31.1 Å². The predicted octanol–water partition coefficient (Wildman–Crippen LogP) is 4.19. The van der Waals surface area contributed by atoms with E-state index in [1.807, 2.05) is 51.1 Å². The fourth-order valence-electron chi connectivity index (χ4n) is 3.54. The Kier molecular flexibility index (Phi) is 9.42. The Morgan fingerprint density at radius 3 is 2.73 bits per heavy atom. The molecule has 7 heteroatoms. The fraction of sp³-hybridized carbons (Fsp3) is 0.391. The average Bonchev–Trinajstić information content (AvgIpc) is 2.71. The molecule has 0 saturated carbocycles. The molecule has 0 fully saturated rings. The number of hydrogen-bond acceptors (Lipinski definition) is 3. The van der Waals surface area contributed by atoms with Gasteiger partial charge in [-0.3, -0.25) is 4.79 Å². The van der Waals surface area contributed by atoms with Crippen molar-refractivity contribution >= 4 is 41.5 Å². The van der Waals surface area contributed by atoms with Crippen LogP contribution in [0.3, 0.4) is 0 Å². The monoisotopic (exact) mass is 522 g/mol. The zero-order valence-corrected chi connectivity index (χ0v) is 20.2. The Bertz CT molecular complexity index is 885. The molecule has 162 valence electrons. The van der Waals surface area contributed by atoms with Crippen LogP contribution in [0.4, 0.5) is 5.69 Å². The van der Waals surface area contributed by atoms with Gasteiger partial charge in [-0.1, -0.05) is 30.3 Å². The van der Waals surface area contributed by atoms with Crippen LogP contribution in [0.5, 0.6) is 5.75 Å². The van der Waals surface area contributed by atoms with E-state index in [9.17, 15) is 4.79 Å². The fourth-order valence-corrected chi connectivity index (χ4v) is 3.54. The second-order valence-corrected chi connectivity index (χ2v) is 7.15. The van der Waals surface area contributed by atoms with E-state index in [4.69, 9.17) is 9.73 Å². The Hall–Kier alpha value is -2.29. The molecule has 2 aromatic rings. The number of guanidine groups is 1. The minimum atomic E-state index is 0. The number of amides is 1. The quantitative estimate of drug-likeness (QED) is 0.290. The molecule has 1 atom stereocenters. The lowest BCUT2D eigenvalue weighted by Gasteiger charge is -2.26. The Morgan fingerprint density at radius 2 is 2.00 bits per heavy atom. The first-order valence-electron chi connectivity index (χ1n) is 10.2. The van der Waals surface area contributed by atoms with Gasteiger partial charge in [-0.05, 0) is 49.6 Å². The number of halogens is 1. The minimum absolute atomic E-state index is 0. The molecule has 0 bridgehead atoms. The molecular weight excluding hydrogens is 491 g/mol. The lowest BCUT2D eigenvalue weighted by molar-refractivity contribution is -0.116. The summed E-state index contributed by atoms with van der Waals surface area (Å²) in [4.78, 5) is 16.7. The highest BCUT2D eigenvalue weighted by Gasteiger charge is 2.24. The second kappa shape index (κ2) is 11.8. The number of hydrogen-bond donors (Lipinski definition) is 3. The van der Waals surface area contributed by atoms with Gasteiger partial charge in [0.2, 0.25) is 5.91 Å². The first kappa shape index (κ1) is 24.0. The van der Waals surface area contributed by atoms with Crippen LogP contribution in [-0.2, 0) is 11.3 Å². The number of fused-ring (bicyclic) bond motifs is 1. The number of nitrogens with one attached hydrogen (secondary N) is 3. The van der Waals surface area contributed by atoms with Crippen LogP contribution >= 0.6 is 24.0 Å². The van der Waals surface area contributed by atoms with Gasteiger partial charge in [0.1, 0.15) is 5.75 Å². The third kappa shape index (κ3) is 6.35. The number of ether oxygens (including phenoxy) is 1. The maximum absolute atomic E-state index is 12.0. The Morgan fingerprint density at radius 1 is 1.20 bits per heavy atom. The molecule has 3 N–H and O–H groups in total. The van der Waals surface area contributed by atoms with Crippen LogP contribution in [0.25, 0.3) is 0 Å². The van der Waals surface area contributed by atoms with Crippen molar-refractivity contribution in [3.8, 4) is 5.75 Å². The highest BCUT2D eigenvalue weighted by molar-refractivity contribution is 14.0. The lowest BCUT2D eigenvalue weighted by atomic mass is 9.90. The topological polar surface area (TPSA) is 74.8 Å². The normalized spacial score (nSPS) is 15.5. The first-order valence-corrected chi connectivity index (χ1v) is 10.2. The van der Waals surface area contributed by atoms with Crippen molar-refractivity contribution in [3.05, 3.63) is 59.2 Å². The number of aryl methyl sites for hydroxylation is 1. The molecule has 1 amide bonds. The van der Waals surface area contributed by atoms with Crippen molar-refractivity contribution in [2.75, 3.05) is 25.0 Å². The molecular formula is C23H31IN4O2. The van der Waals surface area contributed by atoms with Gasteiger partial charge in [-0.15, -0.1) is 24.0 Å². The van der Waals surface area contributed by atoms with Gasteiger partial charge >= 0.3 is 0 Å². The third-order valence-electron chi connectivity index (χ3n) is 4.93. The van der Waals surface area contributed by atoms with Crippen LogP contribution in [0.15, 0.2) is 47.5 Å². The van der Waals surface area contributed by atoms with Gasteiger partial charge in [0.05, 0.1) is 13.2 Å². The van der Waals surface area contributed by atoms with E-state index >= 15 is 0 Å². The largest absolute Gasteiger partial charge is 0.494 e. The maximum Gasteiger partial charge on any atom is 0.225 e. The van der Waals surface area contributed by atoms with Crippen molar-refractivity contribution in [1.82, 2.24) is 10.6 Å². The summed E-state index contributed by atoms with van der Waals surface area (Å²) in [6.45, 7) is 8.74. The minimum Gasteiger partial charge on any atom is -0.494 e. The molecule has 3 rings (SSSR count). The van der Waals surface area contributed by atoms with Crippen LogP contribution < -0.4 is 20.7 Å². The Labute approximate surface area is 195 Å². The molecule has 1 heterocycles. The number of rotatable bonds is 7. The van der Waals surface area contributed by atoms with Crippen LogP contribution in [0, 0.1) is 6.92 Å². The van der Waals surface area contributed by atoms with Crippen LogP contribution in [0.2, 0.25) is 0 Å². The summed E-state index contributed by atoms with van der Waals surface area (Å²) >= 11 is 0. The van der Waals surface area contributed by atoms with Gasteiger partial charge in [-0.2, -0.15) is 0 Å². The number of anilines is 1. The smallest absolute Gasteiger partial charge is 0.225 e. The average molecular weight is 522 g/mol. The Balaban J connectivity index is 0.00000320. The molecule has 2 aromatic carbocycles. The van der Waals surface area contributed by atoms with E-state index in [2.05, 4.69) is 28.1 Å². The molecule has 30 heavy (non-hydrogen) atoms. The van der Waals surface area contributed by atoms with Crippen LogP contribution in [-0.4, -0.2) is 31.6 Å². The highest BCUT2D eigenvalue weighted by atomic mass is 127. The van der Waals surface area contributed by atoms with Crippen molar-refractivity contribution < 1.29 is 9.53 Å². The first-order chi connectivity index (χ1) is 14.1. The van der Waals surface area contributed by atoms with Crippen molar-refractivity contribution in [2.45, 2.75) is 39.7 Å². The summed E-state index contributed by atoms with van der Waals surface area (Å²) in [5, 5.41) is 9.64. The zero-order chi connectivity index (χ0) is 20.6. The van der Waals surface area contributed by atoms with E-state index in [-0.39, 0.29) is 35.8 Å². The van der Waals surface area contributed by atoms with Crippen molar-refractivity contribution in [3.63, 3.8) is 0 Å². The summed E-state index contributed by atoms with van der Waals surface area (Å²) in [6.07, 6.45) is 0.474. The highest BCUT2D eigenvalue weighted by Crippen LogP contribution is 2.31. The molecule has 1 aliphatic heterocycles. The summed E-state index contributed by atoms with van der Waals surface area (Å²) in [7, 11) is 0. The summed E-state index contributed by atoms with van der Waals surface area (Å²) < 4.78 is 5.61. The molecule has 6 nitrogen and oxygen atoms in total. The second-order valence-electron chi connectivity index (χ2n) is 7.15. The van der Waals surface area contributed by atoms with Gasteiger partial charge in [0.25, 0.3) is 0 Å². The molecule has 0 aromatic heterocycles. The lowest BCUT2D eigenvalue weighted by Crippen LogP contribution is -2.40. The third-order valence-corrected chi connectivity index (χ3v) is 4.93. The van der Waals surface area contributed by atoms with E-state index in [1.54, 1.807) is 0 Å². The van der Waals surface area contributed by atoms with E-state index in [0.717, 1.165) is 40.6 Å². The standard InChI is InChI=1S/C23H30N4O2.HI/c1-4-24-23(25-14-17-10-11-21(29-5-2)16(3)12-17)26-15-18-13-22(28)27-20-9-7-6-8-19(18)20;/h6-12,18H,4-5,13-15H2,1-3H3,(H,27,28)(H2,24,25,26);1H. The number of carbonyl (C=O) groups excluding carboxylic acids is 1. The van der Waals surface area contributed by atoms with Crippen molar-refractivity contribution in [2.24, 2.45) is 4.99 Å². The predicted molar refractivity (Wildman–Crippen MR) is 133 cm³/mol. The number of carbonyl (C=O) groups is 1. The number of para-hydroxylation sites is 1. The van der Waals surface area contributed by atoms with Gasteiger partial charge in [-0.25, -0.2) is 4.99 Å². The molecule has 1 unspecified atom stereocenters. The number of nitrogens with zero attached hydrogens (tertiary/aromatic N) is 1. The van der Waals surface area contributed by atoms with E-state index in [1.165, 1.54) is 0 Å². The number of benzene rings is 2.